The van der Waals surface area contributed by atoms with Crippen LogP contribution >= 0.6 is 0 Å². The number of halogens is 6. The molecule has 2 unspecified atom stereocenters. The molecule has 2 atom stereocenters. The van der Waals surface area contributed by atoms with E-state index in [0.717, 1.165) is 0 Å². The number of alkyl halides is 6. The van der Waals surface area contributed by atoms with Crippen LogP contribution in [0.1, 0.15) is 12.8 Å². The molecule has 0 aromatic heterocycles. The molecule has 0 aliphatic carbocycles. The maximum Gasteiger partial charge on any atom is 0.389 e. The topological polar surface area (TPSA) is 27.7 Å². The highest BCUT2D eigenvalue weighted by Crippen LogP contribution is 2.39. The van der Waals surface area contributed by atoms with Crippen LogP contribution in [0.3, 0.4) is 0 Å². The first-order valence-electron chi connectivity index (χ1n) is 6.77. The van der Waals surface area contributed by atoms with Gasteiger partial charge in [0.2, 0.25) is 0 Å². The molecule has 1 aliphatic heterocycles. The zero-order valence-electron chi connectivity index (χ0n) is 12.8. The van der Waals surface area contributed by atoms with Gasteiger partial charge in [0.15, 0.2) is 0 Å². The SMILES string of the molecule is C[Si]1(C)O[Si](C)(CCC(F)(F)F)O[Si](C)(CCC(F)(F)F)O1. The van der Waals surface area contributed by atoms with E-state index >= 15 is 0 Å². The van der Waals surface area contributed by atoms with Crippen molar-refractivity contribution in [2.24, 2.45) is 0 Å². The van der Waals surface area contributed by atoms with Crippen molar-refractivity contribution in [3.63, 3.8) is 0 Å². The lowest BCUT2D eigenvalue weighted by Crippen LogP contribution is -2.66. The predicted molar refractivity (Wildman–Crippen MR) is 74.9 cm³/mol. The van der Waals surface area contributed by atoms with Crippen LogP contribution < -0.4 is 0 Å². The highest BCUT2D eigenvalue weighted by Gasteiger charge is 2.56. The average Bonchev–Trinajstić information content (AvgIpc) is 2.19. The monoisotopic (exact) mass is 386 g/mol. The minimum Gasteiger partial charge on any atom is -0.416 e. The minimum atomic E-state index is -4.35. The van der Waals surface area contributed by atoms with Crippen LogP contribution in [0.25, 0.3) is 0 Å². The Morgan fingerprint density at radius 2 is 0.955 bits per heavy atom. The van der Waals surface area contributed by atoms with E-state index in [1.54, 1.807) is 13.1 Å². The molecule has 0 aromatic carbocycles. The smallest absolute Gasteiger partial charge is 0.389 e. The molecule has 1 heterocycles. The summed E-state index contributed by atoms with van der Waals surface area (Å²) in [5.74, 6) is 0. The second kappa shape index (κ2) is 6.20. The first kappa shape index (κ1) is 20.2. The van der Waals surface area contributed by atoms with Gasteiger partial charge in [-0.2, -0.15) is 26.3 Å². The summed E-state index contributed by atoms with van der Waals surface area (Å²) in [6, 6.07) is -0.657. The molecule has 0 N–H and O–H groups in total. The van der Waals surface area contributed by atoms with Crippen molar-refractivity contribution < 1.29 is 38.7 Å². The molecule has 3 nitrogen and oxygen atoms in total. The van der Waals surface area contributed by atoms with Gasteiger partial charge in [-0.25, -0.2) is 0 Å². The molecule has 1 saturated heterocycles. The van der Waals surface area contributed by atoms with Gasteiger partial charge >= 0.3 is 38.0 Å². The van der Waals surface area contributed by atoms with Crippen LogP contribution in [0.5, 0.6) is 0 Å². The maximum absolute atomic E-state index is 12.4. The van der Waals surface area contributed by atoms with Gasteiger partial charge in [-0.05, 0) is 38.3 Å². The molecule has 12 heteroatoms. The molecule has 0 radical (unpaired) electrons. The Hall–Kier alpha value is 0.111. The van der Waals surface area contributed by atoms with Crippen LogP contribution in [0.15, 0.2) is 0 Å². The standard InChI is InChI=1S/C10H20F6O3Si3/c1-20(2)17-21(3,7-5-9(11,12)13)19-22(4,18-20)8-6-10(14,15)16/h5-8H2,1-4H3. The quantitative estimate of drug-likeness (QED) is 0.513. The molecule has 1 aliphatic rings. The van der Waals surface area contributed by atoms with Crippen molar-refractivity contribution >= 4 is 25.7 Å². The van der Waals surface area contributed by atoms with E-state index in [4.69, 9.17) is 12.3 Å². The van der Waals surface area contributed by atoms with E-state index in [2.05, 4.69) is 0 Å². The minimum absolute atomic E-state index is 0.328. The van der Waals surface area contributed by atoms with Crippen LogP contribution in [0.2, 0.25) is 38.3 Å². The normalized spacial score (nSPS) is 33.0. The molecule has 22 heavy (non-hydrogen) atoms. The third-order valence-electron chi connectivity index (χ3n) is 3.08. The molecule has 0 bridgehead atoms. The van der Waals surface area contributed by atoms with Gasteiger partial charge in [-0.15, -0.1) is 0 Å². The van der Waals surface area contributed by atoms with Gasteiger partial charge in [-0.3, -0.25) is 0 Å². The van der Waals surface area contributed by atoms with Crippen molar-refractivity contribution in [2.75, 3.05) is 0 Å². The van der Waals surface area contributed by atoms with Crippen molar-refractivity contribution in [2.45, 2.75) is 63.5 Å². The molecular formula is C10H20F6O3Si3. The predicted octanol–water partition coefficient (Wildman–Crippen LogP) is 4.80. The molecule has 0 aromatic rings. The number of hydrogen-bond donors (Lipinski definition) is 0. The van der Waals surface area contributed by atoms with E-state index in [9.17, 15) is 26.3 Å². The highest BCUT2D eigenvalue weighted by atomic mass is 28.5. The van der Waals surface area contributed by atoms with Gasteiger partial charge in [0, 0.05) is 12.8 Å². The van der Waals surface area contributed by atoms with Gasteiger partial charge in [-0.1, -0.05) is 0 Å². The van der Waals surface area contributed by atoms with Gasteiger partial charge in [0.25, 0.3) is 0 Å². The Labute approximate surface area is 128 Å². The second-order valence-corrected chi connectivity index (χ2v) is 17.0. The third-order valence-corrected chi connectivity index (χ3v) is 16.2. The highest BCUT2D eigenvalue weighted by molar-refractivity contribution is 6.93. The molecule has 132 valence electrons. The van der Waals surface area contributed by atoms with E-state index in [-0.39, 0.29) is 12.1 Å². The van der Waals surface area contributed by atoms with E-state index in [0.29, 0.717) is 0 Å². The van der Waals surface area contributed by atoms with E-state index < -0.39 is 50.9 Å². The lowest BCUT2D eigenvalue weighted by molar-refractivity contribution is -0.131. The Morgan fingerprint density at radius 1 is 0.636 bits per heavy atom. The van der Waals surface area contributed by atoms with Crippen molar-refractivity contribution in [3.05, 3.63) is 0 Å². The summed E-state index contributed by atoms with van der Waals surface area (Å²) in [6.07, 6.45) is -10.8. The van der Waals surface area contributed by atoms with Gasteiger partial charge < -0.3 is 12.3 Å². The lowest BCUT2D eigenvalue weighted by Gasteiger charge is -2.49. The molecule has 1 rings (SSSR count). The molecule has 0 saturated carbocycles. The first-order chi connectivity index (χ1) is 9.54. The maximum atomic E-state index is 12.4. The van der Waals surface area contributed by atoms with E-state index in [1.165, 1.54) is 13.1 Å². The molecule has 1 fully saturated rings. The summed E-state index contributed by atoms with van der Waals surface area (Å²) in [5, 5.41) is 0. The summed E-state index contributed by atoms with van der Waals surface area (Å²) >= 11 is 0. The van der Waals surface area contributed by atoms with Gasteiger partial charge in [0.05, 0.1) is 0 Å². The summed E-state index contributed by atoms with van der Waals surface area (Å²) in [6.45, 7) is 6.23. The fraction of sp³-hybridized carbons (Fsp3) is 1.00. The van der Waals surface area contributed by atoms with Crippen molar-refractivity contribution in [1.29, 1.82) is 0 Å². The van der Waals surface area contributed by atoms with Crippen LogP contribution in [-0.2, 0) is 12.3 Å². The second-order valence-electron chi connectivity index (χ2n) is 6.20. The van der Waals surface area contributed by atoms with E-state index in [1.807, 2.05) is 0 Å². The largest absolute Gasteiger partial charge is 0.416 e. The Balaban J connectivity index is 2.84. The summed E-state index contributed by atoms with van der Waals surface area (Å²) in [7, 11) is -9.20. The third kappa shape index (κ3) is 7.12. The average molecular weight is 387 g/mol. The Bertz CT molecular complexity index is 368. The molecular weight excluding hydrogens is 366 g/mol. The Kier molecular flexibility index (Phi) is 5.68. The summed E-state index contributed by atoms with van der Waals surface area (Å²) in [4.78, 5) is 0. The van der Waals surface area contributed by atoms with Crippen LogP contribution in [0, 0.1) is 0 Å². The molecule has 0 amide bonds. The first-order valence-corrected chi connectivity index (χ1v) is 14.6. The van der Waals surface area contributed by atoms with Gasteiger partial charge in [0.1, 0.15) is 0 Å². The zero-order chi connectivity index (χ0) is 17.4. The fourth-order valence-corrected chi connectivity index (χ4v) is 19.2. The van der Waals surface area contributed by atoms with Crippen LogP contribution in [0.4, 0.5) is 26.3 Å². The van der Waals surface area contributed by atoms with Crippen LogP contribution in [-0.4, -0.2) is 38.0 Å². The van der Waals surface area contributed by atoms with Crippen molar-refractivity contribution in [3.8, 4) is 0 Å². The number of rotatable bonds is 4. The molecule has 0 spiro atoms. The summed E-state index contributed by atoms with van der Waals surface area (Å²) in [5.41, 5.74) is 0. The number of hydrogen-bond acceptors (Lipinski definition) is 3. The lowest BCUT2D eigenvalue weighted by atomic mass is 10.5. The summed E-state index contributed by atoms with van der Waals surface area (Å²) < 4.78 is 91.5. The zero-order valence-corrected chi connectivity index (χ0v) is 15.8. The Morgan fingerprint density at radius 3 is 1.23 bits per heavy atom. The van der Waals surface area contributed by atoms with Crippen molar-refractivity contribution in [1.82, 2.24) is 0 Å². The fourth-order valence-electron chi connectivity index (χ4n) is 2.50.